The summed E-state index contributed by atoms with van der Waals surface area (Å²) >= 11 is 5.79. The van der Waals surface area contributed by atoms with Crippen molar-refractivity contribution in [3.8, 4) is 0 Å². The van der Waals surface area contributed by atoms with Crippen molar-refractivity contribution in [3.05, 3.63) is 28.5 Å². The number of hydrogen-bond donors (Lipinski definition) is 1. The van der Waals surface area contributed by atoms with Crippen LogP contribution in [0.2, 0.25) is 5.02 Å². The molecule has 1 saturated heterocycles. The lowest BCUT2D eigenvalue weighted by Gasteiger charge is -2.23. The SMILES string of the molecule is Cc1cc(S(=O)(=O)NC2CCS(=O)(=O)CC2)c(Cl)cc1F. The van der Waals surface area contributed by atoms with E-state index in [2.05, 4.69) is 4.72 Å². The Kier molecular flexibility index (Phi) is 4.63. The van der Waals surface area contributed by atoms with E-state index in [1.807, 2.05) is 0 Å². The molecule has 118 valence electrons. The van der Waals surface area contributed by atoms with Crippen molar-refractivity contribution >= 4 is 31.5 Å². The van der Waals surface area contributed by atoms with Crippen LogP contribution in [0, 0.1) is 12.7 Å². The molecule has 5 nitrogen and oxygen atoms in total. The van der Waals surface area contributed by atoms with Gasteiger partial charge in [0.15, 0.2) is 0 Å². The molecule has 0 atom stereocenters. The monoisotopic (exact) mass is 355 g/mol. The molecule has 21 heavy (non-hydrogen) atoms. The summed E-state index contributed by atoms with van der Waals surface area (Å²) in [6, 6.07) is 1.66. The summed E-state index contributed by atoms with van der Waals surface area (Å²) in [6.45, 7) is 1.44. The molecule has 0 amide bonds. The van der Waals surface area contributed by atoms with E-state index in [1.54, 1.807) is 0 Å². The van der Waals surface area contributed by atoms with E-state index >= 15 is 0 Å². The third-order valence-corrected chi connectivity index (χ3v) is 7.08. The molecule has 0 unspecified atom stereocenters. The van der Waals surface area contributed by atoms with Gasteiger partial charge in [0.2, 0.25) is 10.0 Å². The fourth-order valence-electron chi connectivity index (χ4n) is 2.13. The van der Waals surface area contributed by atoms with Gasteiger partial charge in [-0.25, -0.2) is 25.9 Å². The van der Waals surface area contributed by atoms with Crippen molar-refractivity contribution in [1.82, 2.24) is 4.72 Å². The lowest BCUT2D eigenvalue weighted by Crippen LogP contribution is -2.40. The van der Waals surface area contributed by atoms with Gasteiger partial charge in [-0.1, -0.05) is 11.6 Å². The first kappa shape index (κ1) is 16.7. The summed E-state index contributed by atoms with van der Waals surface area (Å²) in [4.78, 5) is -0.198. The van der Waals surface area contributed by atoms with Crippen molar-refractivity contribution in [2.24, 2.45) is 0 Å². The van der Waals surface area contributed by atoms with Gasteiger partial charge in [0.05, 0.1) is 16.5 Å². The molecule has 1 aromatic rings. The normalized spacial score (nSPS) is 19.6. The predicted octanol–water partition coefficient (Wildman–Crippen LogP) is 1.64. The Hall–Kier alpha value is -0.700. The van der Waals surface area contributed by atoms with Gasteiger partial charge in [-0.3, -0.25) is 0 Å². The first-order valence-corrected chi connectivity index (χ1v) is 9.97. The summed E-state index contributed by atoms with van der Waals surface area (Å²) in [5, 5.41) is -0.200. The number of halogens is 2. The van der Waals surface area contributed by atoms with Crippen molar-refractivity contribution in [1.29, 1.82) is 0 Å². The average Bonchev–Trinajstić information content (AvgIpc) is 2.36. The second-order valence-electron chi connectivity index (χ2n) is 5.08. The number of benzene rings is 1. The van der Waals surface area contributed by atoms with Crippen LogP contribution >= 0.6 is 11.6 Å². The Morgan fingerprint density at radius 2 is 1.86 bits per heavy atom. The fourth-order valence-corrected chi connectivity index (χ4v) is 5.52. The summed E-state index contributed by atoms with van der Waals surface area (Å²) in [7, 11) is -6.98. The largest absolute Gasteiger partial charge is 0.242 e. The molecule has 0 saturated carbocycles. The maximum Gasteiger partial charge on any atom is 0.242 e. The number of rotatable bonds is 3. The summed E-state index contributed by atoms with van der Waals surface area (Å²) in [5.74, 6) is -0.671. The lowest BCUT2D eigenvalue weighted by molar-refractivity contribution is 0.505. The van der Waals surface area contributed by atoms with Gasteiger partial charge in [-0.05, 0) is 37.5 Å². The van der Waals surface area contributed by atoms with Crippen LogP contribution in [-0.4, -0.2) is 34.4 Å². The van der Waals surface area contributed by atoms with E-state index in [4.69, 9.17) is 11.6 Å². The Labute approximate surface area is 128 Å². The lowest BCUT2D eigenvalue weighted by atomic mass is 10.2. The number of sulfone groups is 1. The van der Waals surface area contributed by atoms with Gasteiger partial charge >= 0.3 is 0 Å². The summed E-state index contributed by atoms with van der Waals surface area (Å²) in [5.41, 5.74) is 0.172. The third kappa shape index (κ3) is 3.94. The molecule has 1 fully saturated rings. The van der Waals surface area contributed by atoms with E-state index in [1.165, 1.54) is 13.0 Å². The first-order chi connectivity index (χ1) is 9.61. The second-order valence-corrected chi connectivity index (χ2v) is 9.47. The van der Waals surface area contributed by atoms with Crippen molar-refractivity contribution in [3.63, 3.8) is 0 Å². The van der Waals surface area contributed by atoms with Crippen LogP contribution in [0.1, 0.15) is 18.4 Å². The quantitative estimate of drug-likeness (QED) is 0.893. The van der Waals surface area contributed by atoms with E-state index < -0.39 is 31.7 Å². The molecule has 1 aliphatic rings. The molecular weight excluding hydrogens is 341 g/mol. The van der Waals surface area contributed by atoms with Gasteiger partial charge in [0, 0.05) is 6.04 Å². The molecule has 9 heteroatoms. The van der Waals surface area contributed by atoms with Gasteiger partial charge in [-0.15, -0.1) is 0 Å². The Morgan fingerprint density at radius 1 is 1.29 bits per heavy atom. The van der Waals surface area contributed by atoms with Crippen LogP contribution < -0.4 is 4.72 Å². The number of nitrogens with one attached hydrogen (secondary N) is 1. The molecule has 2 rings (SSSR count). The van der Waals surface area contributed by atoms with Gasteiger partial charge < -0.3 is 0 Å². The molecule has 1 aliphatic heterocycles. The summed E-state index contributed by atoms with van der Waals surface area (Å²) < 4.78 is 63.0. The zero-order valence-electron chi connectivity index (χ0n) is 11.3. The standard InChI is InChI=1S/C12H15ClFNO4S2/c1-8-6-12(10(13)7-11(8)14)21(18,19)15-9-2-4-20(16,17)5-3-9/h6-7,9,15H,2-5H2,1H3. The topological polar surface area (TPSA) is 80.3 Å². The maximum atomic E-state index is 13.3. The van der Waals surface area contributed by atoms with Gasteiger partial charge in [0.25, 0.3) is 0 Å². The summed E-state index contributed by atoms with van der Waals surface area (Å²) in [6.07, 6.45) is 0.443. The molecule has 1 N–H and O–H groups in total. The van der Waals surface area contributed by atoms with E-state index in [9.17, 15) is 21.2 Å². The molecule has 1 aromatic carbocycles. The van der Waals surface area contributed by atoms with E-state index in [-0.39, 0.29) is 39.8 Å². The highest BCUT2D eigenvalue weighted by atomic mass is 35.5. The number of sulfonamides is 1. The van der Waals surface area contributed by atoms with Crippen LogP contribution in [0.4, 0.5) is 4.39 Å². The Bertz CT molecular complexity index is 748. The second kappa shape index (κ2) is 5.83. The number of aryl methyl sites for hydroxylation is 1. The van der Waals surface area contributed by atoms with Crippen LogP contribution in [0.15, 0.2) is 17.0 Å². The Morgan fingerprint density at radius 3 is 2.43 bits per heavy atom. The van der Waals surface area contributed by atoms with Crippen LogP contribution in [-0.2, 0) is 19.9 Å². The van der Waals surface area contributed by atoms with Crippen LogP contribution in [0.3, 0.4) is 0 Å². The smallest absolute Gasteiger partial charge is 0.229 e. The van der Waals surface area contributed by atoms with Crippen LogP contribution in [0.5, 0.6) is 0 Å². The van der Waals surface area contributed by atoms with Gasteiger partial charge in [0.1, 0.15) is 20.5 Å². The average molecular weight is 356 g/mol. The highest BCUT2D eigenvalue weighted by molar-refractivity contribution is 7.91. The van der Waals surface area contributed by atoms with Crippen LogP contribution in [0.25, 0.3) is 0 Å². The maximum absolute atomic E-state index is 13.3. The highest BCUT2D eigenvalue weighted by Gasteiger charge is 2.28. The minimum absolute atomic E-state index is 0.0453. The third-order valence-electron chi connectivity index (χ3n) is 3.38. The number of hydrogen-bond acceptors (Lipinski definition) is 4. The first-order valence-electron chi connectivity index (χ1n) is 6.29. The minimum atomic E-state index is -3.91. The molecule has 0 radical (unpaired) electrons. The zero-order chi connectivity index (χ0) is 15.8. The predicted molar refractivity (Wildman–Crippen MR) is 78.1 cm³/mol. The molecular formula is C12H15ClFNO4S2. The van der Waals surface area contributed by atoms with E-state index in [0.29, 0.717) is 0 Å². The van der Waals surface area contributed by atoms with Gasteiger partial charge in [-0.2, -0.15) is 0 Å². The van der Waals surface area contributed by atoms with Crippen molar-refractivity contribution in [2.75, 3.05) is 11.5 Å². The van der Waals surface area contributed by atoms with E-state index in [0.717, 1.165) is 6.07 Å². The molecule has 0 bridgehead atoms. The molecule has 0 spiro atoms. The minimum Gasteiger partial charge on any atom is -0.229 e. The van der Waals surface area contributed by atoms with Crippen molar-refractivity contribution < 1.29 is 21.2 Å². The zero-order valence-corrected chi connectivity index (χ0v) is 13.7. The molecule has 0 aromatic heterocycles. The molecule has 1 heterocycles. The Balaban J connectivity index is 2.22. The molecule has 0 aliphatic carbocycles. The fraction of sp³-hybridized carbons (Fsp3) is 0.500. The van der Waals surface area contributed by atoms with Crippen molar-refractivity contribution in [2.45, 2.75) is 30.7 Å². The highest BCUT2D eigenvalue weighted by Crippen LogP contribution is 2.25.